The molecule has 6 nitrogen and oxygen atoms in total. The highest BCUT2D eigenvalue weighted by Gasteiger charge is 2.40. The van der Waals surface area contributed by atoms with Gasteiger partial charge in [-0.05, 0) is 116 Å². The Bertz CT molecular complexity index is 1520. The summed E-state index contributed by atoms with van der Waals surface area (Å²) >= 11 is 6.45. The lowest BCUT2D eigenvalue weighted by molar-refractivity contribution is 0.0982. The molecule has 7 unspecified atom stereocenters. The van der Waals surface area contributed by atoms with E-state index in [1.807, 2.05) is 45.2 Å². The average molecular weight is 678 g/mol. The molecule has 1 amide bonds. The molecule has 2 aliphatic heterocycles. The summed E-state index contributed by atoms with van der Waals surface area (Å²) < 4.78 is 22.6. The van der Waals surface area contributed by atoms with Gasteiger partial charge in [0.05, 0.1) is 17.5 Å². The van der Waals surface area contributed by atoms with Crippen molar-refractivity contribution >= 4 is 34.2 Å². The second-order valence-electron chi connectivity index (χ2n) is 13.4. The number of aryl methyl sites for hydroxylation is 1. The van der Waals surface area contributed by atoms with Gasteiger partial charge >= 0.3 is 0 Å². The topological polar surface area (TPSA) is 71.5 Å². The zero-order valence-electron chi connectivity index (χ0n) is 28.7. The molecule has 1 saturated carbocycles. The van der Waals surface area contributed by atoms with Gasteiger partial charge in [0.2, 0.25) is 0 Å². The first kappa shape index (κ1) is 35.4. The van der Waals surface area contributed by atoms with Gasteiger partial charge in [-0.15, -0.1) is 0 Å². The first-order valence-corrected chi connectivity index (χ1v) is 19.3. The van der Waals surface area contributed by atoms with E-state index in [0.717, 1.165) is 61.7 Å². The fraction of sp³-hybridized carbons (Fsp3) is 0.538. The minimum Gasteiger partial charge on any atom is -0.491 e. The van der Waals surface area contributed by atoms with Gasteiger partial charge in [0.25, 0.3) is 5.91 Å². The van der Waals surface area contributed by atoms with Crippen molar-refractivity contribution in [3.8, 4) is 5.75 Å². The first-order chi connectivity index (χ1) is 22.8. The Morgan fingerprint density at radius 1 is 1.04 bits per heavy atom. The molecule has 3 heterocycles. The fourth-order valence-electron chi connectivity index (χ4n) is 7.66. The molecular formula is C39H52ClN3O3S. The van der Waals surface area contributed by atoms with Crippen LogP contribution >= 0.6 is 11.6 Å². The van der Waals surface area contributed by atoms with Gasteiger partial charge in [0.15, 0.2) is 0 Å². The lowest BCUT2D eigenvalue weighted by atomic mass is 9.64. The lowest BCUT2D eigenvalue weighted by Crippen LogP contribution is -2.42. The van der Waals surface area contributed by atoms with Crippen LogP contribution in [-0.2, 0) is 17.4 Å². The predicted molar refractivity (Wildman–Crippen MR) is 195 cm³/mol. The summed E-state index contributed by atoms with van der Waals surface area (Å²) in [6.07, 6.45) is 11.4. The molecule has 0 saturated heterocycles. The summed E-state index contributed by atoms with van der Waals surface area (Å²) in [6.45, 7) is 12.6. The van der Waals surface area contributed by atoms with Crippen LogP contribution in [0.25, 0.3) is 0 Å². The Kier molecular flexibility index (Phi) is 12.4. The van der Waals surface area contributed by atoms with Crippen LogP contribution in [0.2, 0.25) is 5.02 Å². The second kappa shape index (κ2) is 16.5. The average Bonchev–Trinajstić information content (AvgIpc) is 3.25. The molecule has 7 atom stereocenters. The SMILES string of the molecule is CC.CCCc1cc(Cl)ccc1C1COc2ccc3cc2N(C1)CC1CCC1C(c1cccnc1)CCCC(C)C(C)S(=O)NC3=O. The van der Waals surface area contributed by atoms with Crippen LogP contribution < -0.4 is 14.4 Å². The minimum absolute atomic E-state index is 0.145. The number of halogens is 1. The molecule has 47 heavy (non-hydrogen) atoms. The highest BCUT2D eigenvalue weighted by molar-refractivity contribution is 7.84. The summed E-state index contributed by atoms with van der Waals surface area (Å²) in [4.78, 5) is 20.4. The molecule has 1 aliphatic carbocycles. The number of pyridine rings is 1. The molecule has 0 radical (unpaired) electrons. The van der Waals surface area contributed by atoms with Gasteiger partial charge < -0.3 is 9.64 Å². The van der Waals surface area contributed by atoms with Crippen LogP contribution in [0, 0.1) is 17.8 Å². The molecule has 1 N–H and O–H groups in total. The van der Waals surface area contributed by atoms with E-state index in [2.05, 4.69) is 58.9 Å². The number of amides is 1. The fourth-order valence-corrected chi connectivity index (χ4v) is 8.90. The number of rotatable bonds is 4. The van der Waals surface area contributed by atoms with Crippen LogP contribution in [0.1, 0.15) is 112 Å². The number of aromatic nitrogens is 1. The maximum Gasteiger partial charge on any atom is 0.263 e. The van der Waals surface area contributed by atoms with Gasteiger partial charge in [-0.2, -0.15) is 0 Å². The number of hydrogen-bond acceptors (Lipinski definition) is 5. The molecule has 2 aromatic carbocycles. The molecule has 3 aliphatic rings. The summed E-state index contributed by atoms with van der Waals surface area (Å²) in [6, 6.07) is 16.3. The van der Waals surface area contributed by atoms with Gasteiger partial charge in [0, 0.05) is 42.0 Å². The normalized spacial score (nSPS) is 27.9. The van der Waals surface area contributed by atoms with Gasteiger partial charge in [-0.25, -0.2) is 4.21 Å². The Hall–Kier alpha value is -2.90. The van der Waals surface area contributed by atoms with Crippen molar-refractivity contribution in [3.63, 3.8) is 0 Å². The third-order valence-corrected chi connectivity index (χ3v) is 12.3. The Morgan fingerprint density at radius 2 is 1.87 bits per heavy atom. The zero-order chi connectivity index (χ0) is 33.5. The predicted octanol–water partition coefficient (Wildman–Crippen LogP) is 9.11. The molecular weight excluding hydrogens is 626 g/mol. The van der Waals surface area contributed by atoms with Crippen molar-refractivity contribution in [1.82, 2.24) is 9.71 Å². The van der Waals surface area contributed by atoms with Gasteiger partial charge in [0.1, 0.15) is 16.7 Å². The van der Waals surface area contributed by atoms with Crippen molar-refractivity contribution in [2.75, 3.05) is 24.6 Å². The molecule has 2 bridgehead atoms. The molecule has 0 spiro atoms. The number of fused-ring (bicyclic) bond motifs is 2. The number of ether oxygens (including phenoxy) is 1. The van der Waals surface area contributed by atoms with E-state index < -0.39 is 11.0 Å². The highest BCUT2D eigenvalue weighted by atomic mass is 35.5. The number of carbonyl (C=O) groups is 1. The second-order valence-corrected chi connectivity index (χ2v) is 15.4. The number of nitrogens with zero attached hydrogens (tertiary/aromatic N) is 2. The van der Waals surface area contributed by atoms with Crippen LogP contribution in [0.3, 0.4) is 0 Å². The van der Waals surface area contributed by atoms with Crippen LogP contribution in [-0.4, -0.2) is 40.0 Å². The number of hydrogen-bond donors (Lipinski definition) is 1. The largest absolute Gasteiger partial charge is 0.491 e. The summed E-state index contributed by atoms with van der Waals surface area (Å²) in [5.41, 5.74) is 5.35. The molecule has 3 aromatic rings. The van der Waals surface area contributed by atoms with Gasteiger partial charge in [-0.3, -0.25) is 14.5 Å². The maximum atomic E-state index is 13.4. The number of anilines is 1. The van der Waals surface area contributed by atoms with E-state index >= 15 is 0 Å². The van der Waals surface area contributed by atoms with E-state index in [1.165, 1.54) is 29.5 Å². The monoisotopic (exact) mass is 677 g/mol. The van der Waals surface area contributed by atoms with Crippen molar-refractivity contribution in [3.05, 3.63) is 88.2 Å². The molecule has 1 fully saturated rings. The summed E-state index contributed by atoms with van der Waals surface area (Å²) in [5.74, 6) is 2.40. The van der Waals surface area contributed by atoms with E-state index in [0.29, 0.717) is 29.9 Å². The standard InChI is InChI=1S/C37H46ClN3O3S.C2H6/c1-4-7-26-18-31(38)13-15-32(26)30-22-41-21-29-11-14-34(29)33(28-9-6-17-39-20-28)10-5-8-24(2)25(3)45(43)40-37(42)27-12-16-36(44-23-30)35(41)19-27;1-2/h6,9,12-13,15-20,24-25,29-30,33-34H,4-5,7-8,10-11,14,21-23H2,1-3H3,(H,40,42);1-2H3. The summed E-state index contributed by atoms with van der Waals surface area (Å²) in [5, 5.41) is 0.619. The van der Waals surface area contributed by atoms with Crippen LogP contribution in [0.15, 0.2) is 60.9 Å². The van der Waals surface area contributed by atoms with E-state index in [9.17, 15) is 9.00 Å². The molecule has 6 rings (SSSR count). The summed E-state index contributed by atoms with van der Waals surface area (Å²) in [7, 11) is -1.48. The van der Waals surface area contributed by atoms with Crippen LogP contribution in [0.4, 0.5) is 5.69 Å². The third kappa shape index (κ3) is 8.22. The quantitative estimate of drug-likeness (QED) is 0.298. The third-order valence-electron chi connectivity index (χ3n) is 10.6. The lowest BCUT2D eigenvalue weighted by Gasteiger charge is -2.45. The van der Waals surface area contributed by atoms with E-state index in [1.54, 1.807) is 6.07 Å². The first-order valence-electron chi connectivity index (χ1n) is 17.7. The minimum atomic E-state index is -1.48. The van der Waals surface area contributed by atoms with Crippen LogP contribution in [0.5, 0.6) is 5.75 Å². The zero-order valence-corrected chi connectivity index (χ0v) is 30.3. The molecule has 1 aromatic heterocycles. The van der Waals surface area contributed by atoms with E-state index in [4.69, 9.17) is 16.3 Å². The maximum absolute atomic E-state index is 13.4. The Balaban J connectivity index is 0.00000213. The number of benzene rings is 2. The van der Waals surface area contributed by atoms with Gasteiger partial charge in [-0.1, -0.05) is 64.3 Å². The number of nitrogens with one attached hydrogen (secondary N) is 1. The van der Waals surface area contributed by atoms with Crippen molar-refractivity contribution < 1.29 is 13.7 Å². The van der Waals surface area contributed by atoms with E-state index in [-0.39, 0.29) is 23.0 Å². The number of carbonyl (C=O) groups excluding carboxylic acids is 1. The molecule has 254 valence electrons. The molecule has 8 heteroatoms. The highest BCUT2D eigenvalue weighted by Crippen LogP contribution is 2.48. The van der Waals surface area contributed by atoms with Crippen molar-refractivity contribution in [2.24, 2.45) is 17.8 Å². The Labute approximate surface area is 289 Å². The Morgan fingerprint density at radius 3 is 2.60 bits per heavy atom. The van der Waals surface area contributed by atoms with Crippen molar-refractivity contribution in [2.45, 2.75) is 96.7 Å². The smallest absolute Gasteiger partial charge is 0.263 e. The van der Waals surface area contributed by atoms with Crippen molar-refractivity contribution in [1.29, 1.82) is 0 Å².